The molecule has 0 aromatic rings. The number of hydrogen-bond acceptors (Lipinski definition) is 1. The number of carboxylic acid groups (broad SMARTS) is 1. The Morgan fingerprint density at radius 2 is 2.08 bits per heavy atom. The molecule has 0 radical (unpaired) electrons. The lowest BCUT2D eigenvalue weighted by Crippen LogP contribution is -2.21. The normalized spacial score (nSPS) is 15.6. The van der Waals surface area contributed by atoms with Crippen molar-refractivity contribution >= 4 is 5.97 Å². The van der Waals surface area contributed by atoms with Crippen molar-refractivity contribution < 1.29 is 14.3 Å². The molecule has 0 saturated carbocycles. The van der Waals surface area contributed by atoms with Gasteiger partial charge < -0.3 is 5.11 Å². The summed E-state index contributed by atoms with van der Waals surface area (Å²) in [4.78, 5) is 10.3. The van der Waals surface area contributed by atoms with Gasteiger partial charge in [-0.05, 0) is 13.3 Å². The largest absolute Gasteiger partial charge is 0.481 e. The lowest BCUT2D eigenvalue weighted by Gasteiger charge is -2.11. The van der Waals surface area contributed by atoms with Crippen molar-refractivity contribution in [2.24, 2.45) is 5.92 Å². The van der Waals surface area contributed by atoms with Gasteiger partial charge in [0.1, 0.15) is 6.17 Å². The van der Waals surface area contributed by atoms with Gasteiger partial charge in [-0.15, -0.1) is 0 Å². The first-order chi connectivity index (χ1) is 5.59. The molecule has 0 spiro atoms. The first kappa shape index (κ1) is 11.4. The lowest BCUT2D eigenvalue weighted by atomic mass is 10.0. The molecule has 0 rings (SSSR count). The van der Waals surface area contributed by atoms with E-state index >= 15 is 0 Å². The number of aliphatic carboxylic acids is 1. The third kappa shape index (κ3) is 4.31. The summed E-state index contributed by atoms with van der Waals surface area (Å²) in [6, 6.07) is 0. The van der Waals surface area contributed by atoms with E-state index in [1.54, 1.807) is 0 Å². The maximum atomic E-state index is 13.0. The van der Waals surface area contributed by atoms with Crippen LogP contribution in [0, 0.1) is 5.92 Å². The Bertz CT molecular complexity index is 136. The third-order valence-corrected chi connectivity index (χ3v) is 2.02. The number of rotatable bonds is 6. The third-order valence-electron chi connectivity index (χ3n) is 2.02. The van der Waals surface area contributed by atoms with Crippen molar-refractivity contribution in [3.05, 3.63) is 0 Å². The van der Waals surface area contributed by atoms with Crippen LogP contribution in [0.3, 0.4) is 0 Å². The van der Waals surface area contributed by atoms with Gasteiger partial charge in [0.25, 0.3) is 0 Å². The van der Waals surface area contributed by atoms with E-state index in [-0.39, 0.29) is 0 Å². The fourth-order valence-corrected chi connectivity index (χ4v) is 0.994. The molecule has 0 aromatic carbocycles. The van der Waals surface area contributed by atoms with E-state index in [0.717, 1.165) is 19.3 Å². The van der Waals surface area contributed by atoms with E-state index in [9.17, 15) is 9.18 Å². The van der Waals surface area contributed by atoms with Gasteiger partial charge in [-0.25, -0.2) is 4.39 Å². The number of alkyl halides is 1. The van der Waals surface area contributed by atoms with Crippen LogP contribution in [0.15, 0.2) is 0 Å². The summed E-state index contributed by atoms with van der Waals surface area (Å²) in [6.45, 7) is 3.45. The fraction of sp³-hybridized carbons (Fsp3) is 0.889. The van der Waals surface area contributed by atoms with Crippen LogP contribution in [0.25, 0.3) is 0 Å². The van der Waals surface area contributed by atoms with Crippen molar-refractivity contribution in [3.63, 3.8) is 0 Å². The topological polar surface area (TPSA) is 37.3 Å². The predicted octanol–water partition coefficient (Wildman–Crippen LogP) is 2.63. The molecule has 72 valence electrons. The summed E-state index contributed by atoms with van der Waals surface area (Å²) in [7, 11) is 0. The second kappa shape index (κ2) is 5.98. The highest BCUT2D eigenvalue weighted by molar-refractivity contribution is 5.70. The summed E-state index contributed by atoms with van der Waals surface area (Å²) in [5.41, 5.74) is 0. The first-order valence-corrected chi connectivity index (χ1v) is 4.46. The standard InChI is InChI=1S/C9H17FO2/c1-3-4-5-6-8(10)7(2)9(11)12/h7-8H,3-6H2,1-2H3,(H,11,12). The molecule has 3 heteroatoms. The summed E-state index contributed by atoms with van der Waals surface area (Å²) >= 11 is 0. The number of unbranched alkanes of at least 4 members (excludes halogenated alkanes) is 2. The molecule has 12 heavy (non-hydrogen) atoms. The van der Waals surface area contributed by atoms with Gasteiger partial charge in [0.05, 0.1) is 5.92 Å². The smallest absolute Gasteiger partial charge is 0.309 e. The summed E-state index contributed by atoms with van der Waals surface area (Å²) in [5, 5.41) is 8.47. The average Bonchev–Trinajstić information content (AvgIpc) is 2.03. The molecule has 0 aliphatic heterocycles. The Morgan fingerprint density at radius 1 is 1.50 bits per heavy atom. The number of carbonyl (C=O) groups is 1. The predicted molar refractivity (Wildman–Crippen MR) is 45.8 cm³/mol. The Hall–Kier alpha value is -0.600. The minimum Gasteiger partial charge on any atom is -0.481 e. The van der Waals surface area contributed by atoms with E-state index in [2.05, 4.69) is 0 Å². The molecule has 0 aliphatic carbocycles. The van der Waals surface area contributed by atoms with Crippen LogP contribution in [0.2, 0.25) is 0 Å². The molecule has 2 atom stereocenters. The number of hydrogen-bond donors (Lipinski definition) is 1. The van der Waals surface area contributed by atoms with E-state index in [0.29, 0.717) is 6.42 Å². The van der Waals surface area contributed by atoms with Crippen LogP contribution in [0.1, 0.15) is 39.5 Å². The minimum atomic E-state index is -1.19. The maximum Gasteiger partial charge on any atom is 0.309 e. The molecule has 2 unspecified atom stereocenters. The van der Waals surface area contributed by atoms with Crippen LogP contribution in [0.5, 0.6) is 0 Å². The molecular formula is C9H17FO2. The van der Waals surface area contributed by atoms with Crippen molar-refractivity contribution in [2.75, 3.05) is 0 Å². The van der Waals surface area contributed by atoms with Gasteiger partial charge in [0, 0.05) is 0 Å². The van der Waals surface area contributed by atoms with Crippen molar-refractivity contribution in [1.29, 1.82) is 0 Å². The van der Waals surface area contributed by atoms with Gasteiger partial charge in [-0.1, -0.05) is 26.2 Å². The summed E-state index contributed by atoms with van der Waals surface area (Å²) < 4.78 is 13.0. The monoisotopic (exact) mass is 176 g/mol. The highest BCUT2D eigenvalue weighted by atomic mass is 19.1. The molecule has 0 saturated heterocycles. The first-order valence-electron chi connectivity index (χ1n) is 4.46. The summed E-state index contributed by atoms with van der Waals surface area (Å²) in [6.07, 6.45) is 1.99. The summed E-state index contributed by atoms with van der Waals surface area (Å²) in [5.74, 6) is -1.90. The second-order valence-electron chi connectivity index (χ2n) is 3.14. The molecule has 0 aliphatic rings. The van der Waals surface area contributed by atoms with Crippen molar-refractivity contribution in [2.45, 2.75) is 45.7 Å². The zero-order valence-corrected chi connectivity index (χ0v) is 7.72. The maximum absolute atomic E-state index is 13.0. The van der Waals surface area contributed by atoms with Gasteiger partial charge in [-0.3, -0.25) is 4.79 Å². The van der Waals surface area contributed by atoms with E-state index in [1.807, 2.05) is 6.92 Å². The van der Waals surface area contributed by atoms with Crippen LogP contribution < -0.4 is 0 Å². The molecule has 2 nitrogen and oxygen atoms in total. The van der Waals surface area contributed by atoms with E-state index < -0.39 is 18.1 Å². The van der Waals surface area contributed by atoms with Gasteiger partial charge in [0.2, 0.25) is 0 Å². The van der Waals surface area contributed by atoms with Gasteiger partial charge >= 0.3 is 5.97 Å². The van der Waals surface area contributed by atoms with Crippen molar-refractivity contribution in [1.82, 2.24) is 0 Å². The van der Waals surface area contributed by atoms with Crippen LogP contribution in [0.4, 0.5) is 4.39 Å². The molecule has 1 N–H and O–H groups in total. The van der Waals surface area contributed by atoms with Crippen molar-refractivity contribution in [3.8, 4) is 0 Å². The Kier molecular flexibility index (Phi) is 5.68. The SMILES string of the molecule is CCCCCC(F)C(C)C(=O)O. The molecule has 0 aromatic heterocycles. The zero-order chi connectivity index (χ0) is 9.56. The number of carboxylic acids is 1. The molecular weight excluding hydrogens is 159 g/mol. The highest BCUT2D eigenvalue weighted by Gasteiger charge is 2.21. The van der Waals surface area contributed by atoms with E-state index in [4.69, 9.17) is 5.11 Å². The number of halogens is 1. The van der Waals surface area contributed by atoms with E-state index in [1.165, 1.54) is 6.92 Å². The minimum absolute atomic E-state index is 0.376. The van der Waals surface area contributed by atoms with Gasteiger partial charge in [0.15, 0.2) is 0 Å². The second-order valence-corrected chi connectivity index (χ2v) is 3.14. The average molecular weight is 176 g/mol. The Labute approximate surface area is 72.8 Å². The molecule has 0 amide bonds. The van der Waals surface area contributed by atoms with Crippen LogP contribution in [-0.2, 0) is 4.79 Å². The van der Waals surface area contributed by atoms with Crippen LogP contribution >= 0.6 is 0 Å². The molecule has 0 bridgehead atoms. The molecule has 0 fully saturated rings. The Balaban J connectivity index is 3.56. The fourth-order valence-electron chi connectivity index (χ4n) is 0.994. The van der Waals surface area contributed by atoms with Crippen LogP contribution in [-0.4, -0.2) is 17.2 Å². The van der Waals surface area contributed by atoms with Gasteiger partial charge in [-0.2, -0.15) is 0 Å². The molecule has 0 heterocycles. The lowest BCUT2D eigenvalue weighted by molar-refractivity contribution is -0.143. The highest BCUT2D eigenvalue weighted by Crippen LogP contribution is 2.15. The quantitative estimate of drug-likeness (QED) is 0.631. The Morgan fingerprint density at radius 3 is 2.50 bits per heavy atom. The zero-order valence-electron chi connectivity index (χ0n) is 7.72.